The molecule has 1 saturated carbocycles. The van der Waals surface area contributed by atoms with Crippen molar-refractivity contribution >= 4 is 12.1 Å². The van der Waals surface area contributed by atoms with Crippen LogP contribution in [-0.2, 0) is 4.79 Å². The fourth-order valence-electron chi connectivity index (χ4n) is 3.96. The van der Waals surface area contributed by atoms with E-state index in [1.54, 1.807) is 0 Å². The van der Waals surface area contributed by atoms with Crippen LogP contribution in [0.2, 0.25) is 0 Å². The number of amides is 1. The third kappa shape index (κ3) is 3.76. The van der Waals surface area contributed by atoms with Crippen LogP contribution in [0.3, 0.4) is 0 Å². The Morgan fingerprint density at radius 1 is 1.28 bits per heavy atom. The number of carbonyl (C=O) groups is 1. The number of primary amides is 1. The highest BCUT2D eigenvalue weighted by molar-refractivity contribution is 5.78. The highest BCUT2D eigenvalue weighted by Gasteiger charge is 2.36. The molecule has 5 heteroatoms. The SMILES string of the molecule is CC[N+]1([C@H](C)c2ccccc2)C=C(NC2CCC(C(N)=O)CC2)C=N1. The van der Waals surface area contributed by atoms with Crippen LogP contribution in [0.1, 0.15) is 51.1 Å². The van der Waals surface area contributed by atoms with Gasteiger partial charge >= 0.3 is 0 Å². The van der Waals surface area contributed by atoms with Gasteiger partial charge in [0.2, 0.25) is 5.91 Å². The molecule has 5 nitrogen and oxygen atoms in total. The summed E-state index contributed by atoms with van der Waals surface area (Å²) in [7, 11) is 0. The van der Waals surface area contributed by atoms with Gasteiger partial charge in [0, 0.05) is 17.5 Å². The van der Waals surface area contributed by atoms with Crippen LogP contribution in [0.4, 0.5) is 0 Å². The van der Waals surface area contributed by atoms with Gasteiger partial charge in [0.1, 0.15) is 30.7 Å². The molecule has 25 heavy (non-hydrogen) atoms. The Labute approximate surface area is 150 Å². The van der Waals surface area contributed by atoms with Crippen LogP contribution in [0.15, 0.2) is 47.3 Å². The summed E-state index contributed by atoms with van der Waals surface area (Å²) in [5.41, 5.74) is 7.81. The number of benzene rings is 1. The summed E-state index contributed by atoms with van der Waals surface area (Å²) in [6, 6.07) is 11.2. The maximum atomic E-state index is 11.3. The van der Waals surface area contributed by atoms with E-state index in [-0.39, 0.29) is 17.9 Å². The monoisotopic (exact) mass is 341 g/mol. The van der Waals surface area contributed by atoms with Crippen LogP contribution >= 0.6 is 0 Å². The van der Waals surface area contributed by atoms with Crippen molar-refractivity contribution in [2.75, 3.05) is 6.54 Å². The highest BCUT2D eigenvalue weighted by Crippen LogP contribution is 2.33. The number of carbonyl (C=O) groups excluding carboxylic acids is 1. The largest absolute Gasteiger partial charge is 0.377 e. The topological polar surface area (TPSA) is 67.5 Å². The molecule has 1 aliphatic carbocycles. The standard InChI is InChI=1S/C20H28N4O/c1-3-24(15(2)16-7-5-4-6-8-16)14-19(13-22-24)23-18-11-9-17(10-12-18)20(21)25/h4-8,13-15,17-18,23H,3,9-12H2,1-2H3,(H-,21,25)/p+1/t15-,17?,18?,24?/m1/s1. The molecule has 1 aromatic carbocycles. The van der Waals surface area contributed by atoms with Crippen LogP contribution in [-0.4, -0.2) is 29.3 Å². The molecule has 0 aromatic heterocycles. The average Bonchev–Trinajstić information content (AvgIpc) is 3.06. The first kappa shape index (κ1) is 17.7. The first-order valence-electron chi connectivity index (χ1n) is 9.31. The second-order valence-corrected chi connectivity index (χ2v) is 7.21. The van der Waals surface area contributed by atoms with Gasteiger partial charge in [0.05, 0.1) is 0 Å². The van der Waals surface area contributed by atoms with Crippen molar-refractivity contribution in [1.82, 2.24) is 5.32 Å². The van der Waals surface area contributed by atoms with Crippen molar-refractivity contribution in [3.05, 3.63) is 47.8 Å². The maximum Gasteiger partial charge on any atom is 0.220 e. The number of quaternary nitrogens is 1. The molecule has 0 bridgehead atoms. The van der Waals surface area contributed by atoms with E-state index in [4.69, 9.17) is 10.8 Å². The van der Waals surface area contributed by atoms with Crippen molar-refractivity contribution in [1.29, 1.82) is 0 Å². The number of nitrogens with one attached hydrogen (secondary N) is 1. The van der Waals surface area contributed by atoms with E-state index >= 15 is 0 Å². The first-order valence-corrected chi connectivity index (χ1v) is 9.31. The van der Waals surface area contributed by atoms with Gasteiger partial charge in [-0.1, -0.05) is 35.4 Å². The van der Waals surface area contributed by atoms with E-state index in [1.165, 1.54) is 5.56 Å². The number of hydrogen-bond acceptors (Lipinski definition) is 3. The Balaban J connectivity index is 1.67. The van der Waals surface area contributed by atoms with Gasteiger partial charge in [-0.2, -0.15) is 4.59 Å². The normalized spacial score (nSPS) is 29.9. The average molecular weight is 341 g/mol. The number of allylic oxidation sites excluding steroid dienone is 1. The molecular formula is C20H29N4O+. The minimum Gasteiger partial charge on any atom is -0.377 e. The number of rotatable bonds is 6. The molecule has 1 unspecified atom stereocenters. The van der Waals surface area contributed by atoms with Crippen molar-refractivity contribution in [2.24, 2.45) is 16.8 Å². The summed E-state index contributed by atoms with van der Waals surface area (Å²) < 4.78 is 0.586. The summed E-state index contributed by atoms with van der Waals surface area (Å²) in [4.78, 5) is 11.3. The minimum absolute atomic E-state index is 0.0490. The van der Waals surface area contributed by atoms with Gasteiger partial charge in [-0.25, -0.2) is 0 Å². The summed E-state index contributed by atoms with van der Waals surface area (Å²) in [6.45, 7) is 5.31. The zero-order valence-corrected chi connectivity index (χ0v) is 15.2. The molecule has 1 aliphatic heterocycles. The second kappa shape index (κ2) is 7.40. The number of nitrogens with zero attached hydrogens (tertiary/aromatic N) is 2. The molecule has 1 heterocycles. The third-order valence-electron chi connectivity index (χ3n) is 5.73. The second-order valence-electron chi connectivity index (χ2n) is 7.21. The quantitative estimate of drug-likeness (QED) is 0.781. The van der Waals surface area contributed by atoms with Crippen LogP contribution in [0.25, 0.3) is 0 Å². The fourth-order valence-corrected chi connectivity index (χ4v) is 3.96. The molecule has 2 atom stereocenters. The van der Waals surface area contributed by atoms with Gasteiger partial charge in [-0.3, -0.25) is 4.79 Å². The van der Waals surface area contributed by atoms with Crippen LogP contribution in [0.5, 0.6) is 0 Å². The van der Waals surface area contributed by atoms with Gasteiger partial charge in [0.25, 0.3) is 0 Å². The van der Waals surface area contributed by atoms with Crippen molar-refractivity contribution in [3.63, 3.8) is 0 Å². The van der Waals surface area contributed by atoms with Gasteiger partial charge < -0.3 is 11.1 Å². The molecule has 2 aliphatic rings. The zero-order valence-electron chi connectivity index (χ0n) is 15.2. The van der Waals surface area contributed by atoms with Crippen LogP contribution in [0, 0.1) is 5.92 Å². The summed E-state index contributed by atoms with van der Waals surface area (Å²) in [6.07, 6.45) is 7.93. The Kier molecular flexibility index (Phi) is 5.23. The molecule has 0 spiro atoms. The number of nitrogens with two attached hydrogens (primary N) is 1. The maximum absolute atomic E-state index is 11.3. The van der Waals surface area contributed by atoms with Crippen molar-refractivity contribution in [2.45, 2.75) is 51.6 Å². The Morgan fingerprint density at radius 3 is 2.56 bits per heavy atom. The Hall–Kier alpha value is -2.14. The molecule has 1 fully saturated rings. The lowest BCUT2D eigenvalue weighted by Crippen LogP contribution is -2.39. The first-order chi connectivity index (χ1) is 12.0. The Bertz CT molecular complexity index is 662. The van der Waals surface area contributed by atoms with Gasteiger partial charge in [0.15, 0.2) is 0 Å². The van der Waals surface area contributed by atoms with Crippen molar-refractivity contribution < 1.29 is 9.39 Å². The predicted octanol–water partition coefficient (Wildman–Crippen LogP) is 3.06. The lowest BCUT2D eigenvalue weighted by atomic mass is 9.85. The molecule has 0 saturated heterocycles. The molecular weight excluding hydrogens is 312 g/mol. The van der Waals surface area contributed by atoms with E-state index in [2.05, 4.69) is 49.6 Å². The molecule has 1 amide bonds. The minimum atomic E-state index is -0.154. The van der Waals surface area contributed by atoms with Gasteiger partial charge in [-0.05, 0) is 39.5 Å². The van der Waals surface area contributed by atoms with Gasteiger partial charge in [-0.15, -0.1) is 0 Å². The summed E-state index contributed by atoms with van der Waals surface area (Å²) in [5.74, 6) is -0.105. The van der Waals surface area contributed by atoms with E-state index < -0.39 is 0 Å². The fraction of sp³-hybridized carbons (Fsp3) is 0.500. The molecule has 3 rings (SSSR count). The predicted molar refractivity (Wildman–Crippen MR) is 100 cm³/mol. The van der Waals surface area contributed by atoms with E-state index in [0.29, 0.717) is 10.6 Å². The van der Waals surface area contributed by atoms with E-state index in [9.17, 15) is 4.79 Å². The summed E-state index contributed by atoms with van der Waals surface area (Å²) >= 11 is 0. The number of hydrogen-bond donors (Lipinski definition) is 2. The Morgan fingerprint density at radius 2 is 1.96 bits per heavy atom. The lowest BCUT2D eigenvalue weighted by molar-refractivity contribution is -0.911. The molecule has 1 aromatic rings. The smallest absolute Gasteiger partial charge is 0.220 e. The van der Waals surface area contributed by atoms with E-state index in [0.717, 1.165) is 37.9 Å². The lowest BCUT2D eigenvalue weighted by Gasteiger charge is -2.31. The summed E-state index contributed by atoms with van der Waals surface area (Å²) in [5, 5.41) is 8.45. The third-order valence-corrected chi connectivity index (χ3v) is 5.73. The van der Waals surface area contributed by atoms with Crippen LogP contribution < -0.4 is 11.1 Å². The zero-order chi connectivity index (χ0) is 17.9. The molecule has 3 N–H and O–H groups in total. The molecule has 0 radical (unpaired) electrons. The highest BCUT2D eigenvalue weighted by atomic mass is 16.1. The van der Waals surface area contributed by atoms with E-state index in [1.807, 2.05) is 12.3 Å². The van der Waals surface area contributed by atoms with Crippen molar-refractivity contribution in [3.8, 4) is 0 Å². The molecule has 134 valence electrons.